The van der Waals surface area contributed by atoms with Gasteiger partial charge in [0.05, 0.1) is 0 Å². The molecule has 1 aromatic carbocycles. The van der Waals surface area contributed by atoms with E-state index < -0.39 is 11.9 Å². The Morgan fingerprint density at radius 1 is 1.17 bits per heavy atom. The summed E-state index contributed by atoms with van der Waals surface area (Å²) in [5.41, 5.74) is 3.60. The van der Waals surface area contributed by atoms with Gasteiger partial charge >= 0.3 is 6.03 Å². The van der Waals surface area contributed by atoms with Crippen LogP contribution >= 0.6 is 0 Å². The van der Waals surface area contributed by atoms with E-state index in [-0.39, 0.29) is 11.9 Å². The van der Waals surface area contributed by atoms with Crippen molar-refractivity contribution in [3.8, 4) is 5.88 Å². The number of ether oxygens (including phenoxy) is 1. The topological polar surface area (TPSA) is 95.0 Å². The molecule has 2 N–H and O–H groups in total. The van der Waals surface area contributed by atoms with Crippen LogP contribution in [0.2, 0.25) is 0 Å². The van der Waals surface area contributed by atoms with E-state index in [2.05, 4.69) is 4.98 Å². The van der Waals surface area contributed by atoms with Gasteiger partial charge in [0, 0.05) is 31.9 Å². The van der Waals surface area contributed by atoms with Crippen LogP contribution in [0, 0.1) is 5.92 Å². The highest BCUT2D eigenvalue weighted by molar-refractivity contribution is 5.87. The van der Waals surface area contributed by atoms with Crippen LogP contribution < -0.4 is 10.2 Å². The summed E-state index contributed by atoms with van der Waals surface area (Å²) >= 11 is 0. The number of carbonyl (C=O) groups excluding carboxylic acids is 2. The Hall–Kier alpha value is -3.13. The van der Waals surface area contributed by atoms with Crippen LogP contribution in [-0.2, 0) is 17.9 Å². The fourth-order valence-corrected chi connectivity index (χ4v) is 3.42. The normalized spacial score (nSPS) is 15.0. The molecule has 29 heavy (non-hydrogen) atoms. The van der Waals surface area contributed by atoms with E-state index in [1.54, 1.807) is 22.6 Å². The molecule has 1 fully saturated rings. The van der Waals surface area contributed by atoms with Gasteiger partial charge in [0.15, 0.2) is 0 Å². The van der Waals surface area contributed by atoms with Crippen LogP contribution in [0.1, 0.15) is 25.0 Å². The molecule has 3 amide bonds. The van der Waals surface area contributed by atoms with Crippen molar-refractivity contribution >= 4 is 11.9 Å². The highest BCUT2D eigenvalue weighted by atomic mass is 16.5. The van der Waals surface area contributed by atoms with Crippen LogP contribution in [0.5, 0.6) is 5.88 Å². The van der Waals surface area contributed by atoms with E-state index in [0.29, 0.717) is 32.1 Å². The quantitative estimate of drug-likeness (QED) is 0.526. The second-order valence-electron chi connectivity index (χ2n) is 7.34. The van der Waals surface area contributed by atoms with E-state index in [9.17, 15) is 9.59 Å². The number of rotatable bonds is 8. The molecule has 3 rings (SSSR count). The first-order valence-electron chi connectivity index (χ1n) is 9.60. The maximum absolute atomic E-state index is 12.7. The number of benzene rings is 1. The number of hydroxylamine groups is 1. The number of nitrogens with zero attached hydrogens (tertiary/aromatic N) is 3. The zero-order chi connectivity index (χ0) is 20.8. The molecule has 1 aliphatic rings. The monoisotopic (exact) mass is 398 g/mol. The minimum Gasteiger partial charge on any atom is -0.473 e. The largest absolute Gasteiger partial charge is 0.473 e. The van der Waals surface area contributed by atoms with E-state index in [0.717, 1.165) is 11.1 Å². The van der Waals surface area contributed by atoms with Crippen molar-refractivity contribution in [1.82, 2.24) is 20.3 Å². The zero-order valence-electron chi connectivity index (χ0n) is 16.6. The van der Waals surface area contributed by atoms with Crippen LogP contribution in [0.3, 0.4) is 0 Å². The molecule has 0 radical (unpaired) electrons. The van der Waals surface area contributed by atoms with E-state index >= 15 is 0 Å². The highest BCUT2D eigenvalue weighted by Crippen LogP contribution is 2.21. The average molecular weight is 398 g/mol. The van der Waals surface area contributed by atoms with Crippen molar-refractivity contribution in [1.29, 1.82) is 0 Å². The molecule has 2 aromatic rings. The molecule has 1 saturated heterocycles. The molecule has 0 saturated carbocycles. The van der Waals surface area contributed by atoms with E-state index in [1.807, 2.05) is 50.2 Å². The van der Waals surface area contributed by atoms with Gasteiger partial charge in [-0.1, -0.05) is 50.2 Å². The lowest BCUT2D eigenvalue weighted by molar-refractivity contribution is -0.135. The van der Waals surface area contributed by atoms with Gasteiger partial charge in [0.25, 0.3) is 5.91 Å². The standard InChI is InChI=1S/C21H26N4O4/c1-15(2)19(20(26)23-28)25-11-10-24(21(25)27)13-17-8-9-18(22-12-17)29-14-16-6-4-3-5-7-16/h3-9,12,15,19,28H,10-11,13-14H2,1-2H3,(H,23,26). The lowest BCUT2D eigenvalue weighted by atomic mass is 10.0. The van der Waals surface area contributed by atoms with Gasteiger partial charge < -0.3 is 14.5 Å². The van der Waals surface area contributed by atoms with Gasteiger partial charge in [-0.2, -0.15) is 0 Å². The minimum atomic E-state index is -0.704. The summed E-state index contributed by atoms with van der Waals surface area (Å²) in [4.78, 5) is 32.2. The highest BCUT2D eigenvalue weighted by Gasteiger charge is 2.38. The zero-order valence-corrected chi connectivity index (χ0v) is 16.6. The third-order valence-corrected chi connectivity index (χ3v) is 4.87. The molecule has 8 nitrogen and oxygen atoms in total. The van der Waals surface area contributed by atoms with Crippen molar-refractivity contribution < 1.29 is 19.5 Å². The van der Waals surface area contributed by atoms with Crippen LogP contribution in [0.15, 0.2) is 48.7 Å². The number of aromatic nitrogens is 1. The van der Waals surface area contributed by atoms with Crippen LogP contribution in [0.25, 0.3) is 0 Å². The lowest BCUT2D eigenvalue weighted by Gasteiger charge is -2.29. The van der Waals surface area contributed by atoms with Gasteiger partial charge in [-0.15, -0.1) is 0 Å². The number of hydrogen-bond acceptors (Lipinski definition) is 5. The van der Waals surface area contributed by atoms with E-state index in [4.69, 9.17) is 9.94 Å². The summed E-state index contributed by atoms with van der Waals surface area (Å²) in [6.07, 6.45) is 1.69. The maximum atomic E-state index is 12.7. The Balaban J connectivity index is 1.57. The molecule has 2 heterocycles. The summed E-state index contributed by atoms with van der Waals surface area (Å²) in [5, 5.41) is 8.97. The van der Waals surface area contributed by atoms with Crippen molar-refractivity contribution in [2.45, 2.75) is 33.0 Å². The average Bonchev–Trinajstić information content (AvgIpc) is 3.08. The van der Waals surface area contributed by atoms with Gasteiger partial charge in [0.1, 0.15) is 12.6 Å². The number of carbonyl (C=O) groups is 2. The fourth-order valence-electron chi connectivity index (χ4n) is 3.42. The molecule has 154 valence electrons. The predicted octanol–water partition coefficient (Wildman–Crippen LogP) is 2.43. The Morgan fingerprint density at radius 2 is 1.93 bits per heavy atom. The molecule has 8 heteroatoms. The van der Waals surface area contributed by atoms with Crippen LogP contribution in [-0.4, -0.2) is 51.1 Å². The molecule has 1 atom stereocenters. The minimum absolute atomic E-state index is 0.117. The summed E-state index contributed by atoms with van der Waals surface area (Å²) in [6, 6.07) is 12.6. The van der Waals surface area contributed by atoms with Crippen molar-refractivity contribution in [3.63, 3.8) is 0 Å². The first-order chi connectivity index (χ1) is 14.0. The molecule has 1 unspecified atom stereocenters. The number of pyridine rings is 1. The SMILES string of the molecule is CC(C)C(C(=O)NO)N1CCN(Cc2ccc(OCc3ccccc3)nc2)C1=O. The Labute approximate surface area is 170 Å². The van der Waals surface area contributed by atoms with Crippen molar-refractivity contribution in [3.05, 3.63) is 59.8 Å². The Morgan fingerprint density at radius 3 is 2.55 bits per heavy atom. The van der Waals surface area contributed by atoms with Crippen molar-refractivity contribution in [2.24, 2.45) is 5.92 Å². The number of urea groups is 1. The Kier molecular flexibility index (Phi) is 6.66. The molecule has 0 bridgehead atoms. The maximum Gasteiger partial charge on any atom is 0.321 e. The summed E-state index contributed by atoms with van der Waals surface area (Å²) in [6.45, 7) is 5.46. The summed E-state index contributed by atoms with van der Waals surface area (Å²) in [5.74, 6) is -0.169. The van der Waals surface area contributed by atoms with Gasteiger partial charge in [-0.3, -0.25) is 10.0 Å². The van der Waals surface area contributed by atoms with Crippen LogP contribution in [0.4, 0.5) is 4.79 Å². The van der Waals surface area contributed by atoms with Gasteiger partial charge in [0.2, 0.25) is 5.88 Å². The van der Waals surface area contributed by atoms with Crippen molar-refractivity contribution in [2.75, 3.05) is 13.1 Å². The third kappa shape index (κ3) is 5.03. The molecule has 0 aliphatic carbocycles. The number of hydrogen-bond donors (Lipinski definition) is 2. The molecular weight excluding hydrogens is 372 g/mol. The number of nitrogens with one attached hydrogen (secondary N) is 1. The summed E-state index contributed by atoms with van der Waals surface area (Å²) < 4.78 is 5.68. The molecule has 1 aromatic heterocycles. The lowest BCUT2D eigenvalue weighted by Crippen LogP contribution is -2.50. The van der Waals surface area contributed by atoms with Gasteiger partial charge in [-0.05, 0) is 17.0 Å². The smallest absolute Gasteiger partial charge is 0.321 e. The van der Waals surface area contributed by atoms with Gasteiger partial charge in [-0.25, -0.2) is 15.3 Å². The molecular formula is C21H26N4O4. The number of amides is 3. The first kappa shape index (κ1) is 20.6. The predicted molar refractivity (Wildman–Crippen MR) is 106 cm³/mol. The first-order valence-corrected chi connectivity index (χ1v) is 9.60. The second-order valence-corrected chi connectivity index (χ2v) is 7.34. The fraction of sp³-hybridized carbons (Fsp3) is 0.381. The molecule has 0 spiro atoms. The second kappa shape index (κ2) is 9.38. The Bertz CT molecular complexity index is 826. The summed E-state index contributed by atoms with van der Waals surface area (Å²) in [7, 11) is 0. The third-order valence-electron chi connectivity index (χ3n) is 4.87. The van der Waals surface area contributed by atoms with E-state index in [1.165, 1.54) is 4.90 Å². The molecule has 1 aliphatic heterocycles.